The Morgan fingerprint density at radius 2 is 2.17 bits per heavy atom. The summed E-state index contributed by atoms with van der Waals surface area (Å²) in [5.41, 5.74) is -0.440. The van der Waals surface area contributed by atoms with Crippen molar-refractivity contribution >= 4 is 6.09 Å². The van der Waals surface area contributed by atoms with Crippen LogP contribution in [0.25, 0.3) is 0 Å². The first-order valence-corrected chi connectivity index (χ1v) is 6.70. The third-order valence-electron chi connectivity index (χ3n) is 3.12. The van der Waals surface area contributed by atoms with Crippen LogP contribution in [0.4, 0.5) is 4.79 Å². The van der Waals surface area contributed by atoms with Gasteiger partial charge >= 0.3 is 6.09 Å². The Kier molecular flexibility index (Phi) is 5.41. The van der Waals surface area contributed by atoms with Gasteiger partial charge in [0.2, 0.25) is 0 Å². The maximum absolute atomic E-state index is 11.9. The smallest absolute Gasteiger partial charge is 0.410 e. The van der Waals surface area contributed by atoms with E-state index in [2.05, 4.69) is 11.8 Å². The lowest BCUT2D eigenvalue weighted by Crippen LogP contribution is -2.41. The number of ether oxygens (including phenoxy) is 1. The number of aliphatic hydroxyl groups excluding tert-OH is 1. The van der Waals surface area contributed by atoms with Gasteiger partial charge in [-0.25, -0.2) is 4.79 Å². The zero-order chi connectivity index (χ0) is 13.8. The van der Waals surface area contributed by atoms with E-state index in [0.717, 1.165) is 19.5 Å². The molecule has 0 spiro atoms. The lowest BCUT2D eigenvalue weighted by atomic mass is 10.2. The van der Waals surface area contributed by atoms with Gasteiger partial charge in [0.05, 0.1) is 6.61 Å². The highest BCUT2D eigenvalue weighted by Crippen LogP contribution is 2.18. The van der Waals surface area contributed by atoms with Crippen LogP contribution >= 0.6 is 0 Å². The van der Waals surface area contributed by atoms with E-state index in [0.29, 0.717) is 19.1 Å². The topological polar surface area (TPSA) is 53.0 Å². The summed E-state index contributed by atoms with van der Waals surface area (Å²) in [6.45, 7) is 10.9. The van der Waals surface area contributed by atoms with Gasteiger partial charge in [0.1, 0.15) is 5.60 Å². The fraction of sp³-hybridized carbons (Fsp3) is 0.923. The number of hydrogen-bond donors (Lipinski definition) is 1. The molecule has 0 radical (unpaired) electrons. The van der Waals surface area contributed by atoms with Crippen molar-refractivity contribution in [3.05, 3.63) is 0 Å². The Bertz CT molecular complexity index is 276. The molecule has 5 nitrogen and oxygen atoms in total. The molecule has 1 aliphatic heterocycles. The highest BCUT2D eigenvalue weighted by Gasteiger charge is 2.32. The Morgan fingerprint density at radius 1 is 1.50 bits per heavy atom. The van der Waals surface area contributed by atoms with E-state index in [1.165, 1.54) is 0 Å². The van der Waals surface area contributed by atoms with Crippen LogP contribution in [0.5, 0.6) is 0 Å². The van der Waals surface area contributed by atoms with Crippen LogP contribution in [-0.4, -0.2) is 65.4 Å². The van der Waals surface area contributed by atoms with Crippen molar-refractivity contribution in [2.24, 2.45) is 0 Å². The molecule has 0 aromatic heterocycles. The Hall–Kier alpha value is -0.810. The number of carbonyl (C=O) groups is 1. The highest BCUT2D eigenvalue weighted by molar-refractivity contribution is 5.68. The predicted octanol–water partition coefficient (Wildman–Crippen LogP) is 1.31. The van der Waals surface area contributed by atoms with Crippen molar-refractivity contribution in [3.8, 4) is 0 Å². The molecule has 1 unspecified atom stereocenters. The third kappa shape index (κ3) is 4.46. The zero-order valence-corrected chi connectivity index (χ0v) is 12.0. The van der Waals surface area contributed by atoms with Crippen molar-refractivity contribution < 1.29 is 14.6 Å². The molecule has 1 saturated heterocycles. The molecule has 18 heavy (non-hydrogen) atoms. The second kappa shape index (κ2) is 6.38. The first kappa shape index (κ1) is 15.2. The SMILES string of the molecule is CCN(CCO)C1CCN(C(=O)OC(C)(C)C)C1. The lowest BCUT2D eigenvalue weighted by molar-refractivity contribution is 0.0278. The summed E-state index contributed by atoms with van der Waals surface area (Å²) < 4.78 is 5.36. The summed E-state index contributed by atoms with van der Waals surface area (Å²) >= 11 is 0. The molecule has 5 heteroatoms. The minimum atomic E-state index is -0.440. The summed E-state index contributed by atoms with van der Waals surface area (Å²) in [6.07, 6.45) is 0.720. The lowest BCUT2D eigenvalue weighted by Gasteiger charge is -2.28. The van der Waals surface area contributed by atoms with E-state index in [9.17, 15) is 4.79 Å². The fourth-order valence-corrected chi connectivity index (χ4v) is 2.26. The number of nitrogens with zero attached hydrogens (tertiary/aromatic N) is 2. The minimum Gasteiger partial charge on any atom is -0.444 e. The molecule has 1 N–H and O–H groups in total. The van der Waals surface area contributed by atoms with Gasteiger partial charge < -0.3 is 14.7 Å². The van der Waals surface area contributed by atoms with Crippen LogP contribution in [0.3, 0.4) is 0 Å². The average Bonchev–Trinajstić information content (AvgIpc) is 2.72. The predicted molar refractivity (Wildman–Crippen MR) is 70.5 cm³/mol. The van der Waals surface area contributed by atoms with Gasteiger partial charge in [0.15, 0.2) is 0 Å². The molecule has 1 fully saturated rings. The standard InChI is InChI=1S/C13H26N2O3/c1-5-14(8-9-16)11-6-7-15(10-11)12(17)18-13(2,3)4/h11,16H,5-10H2,1-4H3. The first-order valence-electron chi connectivity index (χ1n) is 6.70. The Morgan fingerprint density at radius 3 is 2.67 bits per heavy atom. The zero-order valence-electron chi connectivity index (χ0n) is 12.0. The average molecular weight is 258 g/mol. The molecule has 106 valence electrons. The Labute approximate surface area is 110 Å². The summed E-state index contributed by atoms with van der Waals surface area (Å²) in [7, 11) is 0. The number of amides is 1. The van der Waals surface area contributed by atoms with Crippen molar-refractivity contribution in [2.75, 3.05) is 32.8 Å². The highest BCUT2D eigenvalue weighted by atomic mass is 16.6. The molecule has 1 aliphatic rings. The molecule has 0 aromatic carbocycles. The Balaban J connectivity index is 2.47. The number of likely N-dealkylation sites (N-methyl/N-ethyl adjacent to an activating group) is 1. The van der Waals surface area contributed by atoms with Gasteiger partial charge in [-0.3, -0.25) is 4.90 Å². The molecule has 0 aromatic rings. The monoisotopic (exact) mass is 258 g/mol. The number of hydrogen-bond acceptors (Lipinski definition) is 4. The molecular weight excluding hydrogens is 232 g/mol. The van der Waals surface area contributed by atoms with Crippen molar-refractivity contribution in [1.82, 2.24) is 9.80 Å². The number of likely N-dealkylation sites (tertiary alicyclic amines) is 1. The number of carbonyl (C=O) groups excluding carboxylic acids is 1. The number of aliphatic hydroxyl groups is 1. The molecule has 0 saturated carbocycles. The molecular formula is C13H26N2O3. The van der Waals surface area contributed by atoms with Gasteiger partial charge in [0, 0.05) is 25.7 Å². The van der Waals surface area contributed by atoms with E-state index < -0.39 is 5.60 Å². The van der Waals surface area contributed by atoms with Crippen LogP contribution in [0.1, 0.15) is 34.1 Å². The van der Waals surface area contributed by atoms with Crippen LogP contribution < -0.4 is 0 Å². The molecule has 0 bridgehead atoms. The van der Waals surface area contributed by atoms with Crippen LogP contribution in [0, 0.1) is 0 Å². The van der Waals surface area contributed by atoms with Gasteiger partial charge in [-0.2, -0.15) is 0 Å². The van der Waals surface area contributed by atoms with Gasteiger partial charge in [-0.05, 0) is 33.7 Å². The summed E-state index contributed by atoms with van der Waals surface area (Å²) in [5.74, 6) is 0. The van der Waals surface area contributed by atoms with E-state index in [-0.39, 0.29) is 12.7 Å². The van der Waals surface area contributed by atoms with E-state index in [4.69, 9.17) is 9.84 Å². The van der Waals surface area contributed by atoms with Crippen LogP contribution in [0.2, 0.25) is 0 Å². The summed E-state index contributed by atoms with van der Waals surface area (Å²) in [6, 6.07) is 0.342. The normalized spacial score (nSPS) is 20.6. The van der Waals surface area contributed by atoms with Crippen LogP contribution in [0.15, 0.2) is 0 Å². The van der Waals surface area contributed by atoms with Crippen molar-refractivity contribution in [3.63, 3.8) is 0 Å². The molecule has 1 heterocycles. The van der Waals surface area contributed by atoms with E-state index >= 15 is 0 Å². The van der Waals surface area contributed by atoms with Crippen molar-refractivity contribution in [2.45, 2.75) is 45.8 Å². The summed E-state index contributed by atoms with van der Waals surface area (Å²) in [5, 5.41) is 9.01. The maximum atomic E-state index is 11.9. The van der Waals surface area contributed by atoms with Gasteiger partial charge in [-0.1, -0.05) is 6.92 Å². The fourth-order valence-electron chi connectivity index (χ4n) is 2.26. The second-order valence-corrected chi connectivity index (χ2v) is 5.72. The molecule has 1 atom stereocenters. The van der Waals surface area contributed by atoms with Crippen molar-refractivity contribution in [1.29, 1.82) is 0 Å². The minimum absolute atomic E-state index is 0.163. The van der Waals surface area contributed by atoms with E-state index in [1.54, 1.807) is 4.90 Å². The maximum Gasteiger partial charge on any atom is 0.410 e. The van der Waals surface area contributed by atoms with E-state index in [1.807, 2.05) is 20.8 Å². The summed E-state index contributed by atoms with van der Waals surface area (Å²) in [4.78, 5) is 15.9. The first-order chi connectivity index (χ1) is 8.37. The quantitative estimate of drug-likeness (QED) is 0.826. The van der Waals surface area contributed by atoms with Gasteiger partial charge in [-0.15, -0.1) is 0 Å². The number of rotatable bonds is 4. The third-order valence-corrected chi connectivity index (χ3v) is 3.12. The second-order valence-electron chi connectivity index (χ2n) is 5.72. The van der Waals surface area contributed by atoms with Crippen LogP contribution in [-0.2, 0) is 4.74 Å². The largest absolute Gasteiger partial charge is 0.444 e. The molecule has 0 aliphatic carbocycles. The molecule has 1 rings (SSSR count). The molecule has 1 amide bonds. The van der Waals surface area contributed by atoms with Gasteiger partial charge in [0.25, 0.3) is 0 Å².